The number of hydrogen-bond donors (Lipinski definition) is 2. The van der Waals surface area contributed by atoms with Gasteiger partial charge in [-0.05, 0) is 63.4 Å². The number of methoxy groups -OCH3 is 1. The highest BCUT2D eigenvalue weighted by molar-refractivity contribution is 6.23. The molecular weight excluding hydrogens is 422 g/mol. The van der Waals surface area contributed by atoms with Crippen LogP contribution in [0.25, 0.3) is 5.69 Å². The minimum absolute atomic E-state index is 0.00508. The maximum Gasteiger partial charge on any atom is 0.262 e. The number of anilines is 2. The highest BCUT2D eigenvalue weighted by atomic mass is 16.5. The van der Waals surface area contributed by atoms with Crippen molar-refractivity contribution >= 4 is 23.3 Å². The third-order valence-corrected chi connectivity index (χ3v) is 7.59. The Morgan fingerprint density at radius 1 is 0.970 bits per heavy atom. The summed E-state index contributed by atoms with van der Waals surface area (Å²) in [6, 6.07) is 6.79. The topological polar surface area (TPSA) is 110 Å². The van der Waals surface area contributed by atoms with Crippen LogP contribution in [0.4, 0.5) is 11.5 Å². The smallest absolute Gasteiger partial charge is 0.262 e. The lowest BCUT2D eigenvalue weighted by molar-refractivity contribution is 0.0879. The van der Waals surface area contributed by atoms with Gasteiger partial charge < -0.3 is 20.3 Å². The maximum atomic E-state index is 12.8. The Morgan fingerprint density at radius 3 is 2.30 bits per heavy atom. The maximum absolute atomic E-state index is 12.8. The van der Waals surface area contributed by atoms with Gasteiger partial charge in [0.05, 0.1) is 23.9 Å². The molecule has 2 fully saturated rings. The van der Waals surface area contributed by atoms with E-state index in [1.807, 2.05) is 12.1 Å². The number of nitrogen functional groups attached to an aromatic ring is 1. The van der Waals surface area contributed by atoms with Gasteiger partial charge in [-0.25, -0.2) is 0 Å². The van der Waals surface area contributed by atoms with Crippen LogP contribution in [0.3, 0.4) is 0 Å². The Morgan fingerprint density at radius 2 is 1.64 bits per heavy atom. The third kappa shape index (κ3) is 3.56. The molecule has 0 radical (unpaired) electrons. The first-order valence-corrected chi connectivity index (χ1v) is 11.3. The van der Waals surface area contributed by atoms with Gasteiger partial charge in [0, 0.05) is 30.9 Å². The van der Waals surface area contributed by atoms with Crippen molar-refractivity contribution in [3.05, 3.63) is 45.7 Å². The van der Waals surface area contributed by atoms with Crippen LogP contribution in [-0.4, -0.2) is 61.6 Å². The Balaban J connectivity index is 1.44. The Labute approximate surface area is 192 Å². The summed E-state index contributed by atoms with van der Waals surface area (Å²) in [5.74, 6) is -0.812. The van der Waals surface area contributed by atoms with Gasteiger partial charge in [-0.1, -0.05) is 0 Å². The third-order valence-electron chi connectivity index (χ3n) is 7.59. The largest absolute Gasteiger partial charge is 0.494 e. The van der Waals surface area contributed by atoms with Crippen molar-refractivity contribution in [3.8, 4) is 11.4 Å². The number of amides is 2. The zero-order valence-corrected chi connectivity index (χ0v) is 19.0. The Kier molecular flexibility index (Phi) is 5.16. The zero-order valence-electron chi connectivity index (χ0n) is 19.0. The van der Waals surface area contributed by atoms with Crippen molar-refractivity contribution in [1.82, 2.24) is 14.8 Å². The molecular formula is C24H29N5O4. The number of nitrogens with one attached hydrogen (secondary N) is 1. The van der Waals surface area contributed by atoms with E-state index in [4.69, 9.17) is 10.5 Å². The van der Waals surface area contributed by atoms with E-state index in [0.29, 0.717) is 16.9 Å². The van der Waals surface area contributed by atoms with Gasteiger partial charge in [0.15, 0.2) is 0 Å². The van der Waals surface area contributed by atoms with E-state index in [9.17, 15) is 14.4 Å². The first-order valence-electron chi connectivity index (χ1n) is 11.3. The fourth-order valence-electron chi connectivity index (χ4n) is 5.41. The number of carbonyl (C=O) groups is 2. The van der Waals surface area contributed by atoms with Gasteiger partial charge in [0.25, 0.3) is 17.4 Å². The molecule has 2 amide bonds. The SMILES string of the molecule is COc1cc(N2CCC3(CCN(C)CC3)CC2)ccc1-n1c(N)c2c(cc1=O)C(=O)NC2=O. The molecule has 3 aliphatic rings. The minimum atomic E-state index is -0.610. The van der Waals surface area contributed by atoms with Crippen LogP contribution < -0.4 is 26.2 Å². The van der Waals surface area contributed by atoms with Gasteiger partial charge >= 0.3 is 0 Å². The summed E-state index contributed by atoms with van der Waals surface area (Å²) in [4.78, 5) is 41.7. The van der Waals surface area contributed by atoms with Crippen LogP contribution in [0, 0.1) is 5.41 Å². The van der Waals surface area contributed by atoms with E-state index in [0.717, 1.165) is 24.8 Å². The standard InChI is InChI=1S/C24H29N5O4/c1-27-9-5-24(6-10-27)7-11-28(12-8-24)15-3-4-17(18(13-15)33-2)29-19(30)14-16-20(21(29)25)23(32)26-22(16)31/h3-4,13-14H,5-12,25H2,1-2H3,(H,26,31,32). The number of piperidine rings is 2. The fraction of sp³-hybridized carbons (Fsp3) is 0.458. The highest BCUT2D eigenvalue weighted by Gasteiger charge is 2.37. The summed E-state index contributed by atoms with van der Waals surface area (Å²) < 4.78 is 6.84. The average molecular weight is 452 g/mol. The van der Waals surface area contributed by atoms with Crippen molar-refractivity contribution in [3.63, 3.8) is 0 Å². The molecule has 0 unspecified atom stereocenters. The predicted octanol–water partition coefficient (Wildman–Crippen LogP) is 1.62. The van der Waals surface area contributed by atoms with Crippen molar-refractivity contribution in [2.24, 2.45) is 5.41 Å². The molecule has 2 aromatic rings. The first kappa shape index (κ1) is 21.5. The molecule has 174 valence electrons. The van der Waals surface area contributed by atoms with Gasteiger partial charge in [0.2, 0.25) is 0 Å². The van der Waals surface area contributed by atoms with E-state index in [1.165, 1.54) is 50.4 Å². The van der Waals surface area contributed by atoms with Crippen molar-refractivity contribution in [2.75, 3.05) is 51.0 Å². The molecule has 9 heteroatoms. The molecule has 1 spiro atoms. The summed E-state index contributed by atoms with van der Waals surface area (Å²) >= 11 is 0. The van der Waals surface area contributed by atoms with E-state index in [-0.39, 0.29) is 16.9 Å². The number of likely N-dealkylation sites (tertiary alicyclic amines) is 1. The molecule has 0 atom stereocenters. The molecule has 33 heavy (non-hydrogen) atoms. The van der Waals surface area contributed by atoms with Crippen molar-refractivity contribution in [1.29, 1.82) is 0 Å². The van der Waals surface area contributed by atoms with Crippen molar-refractivity contribution < 1.29 is 14.3 Å². The second-order valence-electron chi connectivity index (χ2n) is 9.42. The normalized spacial score (nSPS) is 20.1. The zero-order chi connectivity index (χ0) is 23.3. The molecule has 2 saturated heterocycles. The number of nitrogens with two attached hydrogens (primary N) is 1. The quantitative estimate of drug-likeness (QED) is 0.683. The van der Waals surface area contributed by atoms with Gasteiger partial charge in [-0.2, -0.15) is 0 Å². The van der Waals surface area contributed by atoms with Crippen LogP contribution in [0.5, 0.6) is 5.75 Å². The van der Waals surface area contributed by atoms with Crippen molar-refractivity contribution in [2.45, 2.75) is 25.7 Å². The Hall–Kier alpha value is -3.33. The van der Waals surface area contributed by atoms with Crippen LogP contribution in [0.1, 0.15) is 46.4 Å². The first-order chi connectivity index (χ1) is 15.8. The van der Waals surface area contributed by atoms with Gasteiger partial charge in [-0.15, -0.1) is 0 Å². The number of nitrogens with zero attached hydrogens (tertiary/aromatic N) is 3. The number of carbonyl (C=O) groups excluding carboxylic acids is 2. The number of ether oxygens (including phenoxy) is 1. The molecule has 1 aromatic heterocycles. The minimum Gasteiger partial charge on any atom is -0.494 e. The lowest BCUT2D eigenvalue weighted by Crippen LogP contribution is -2.46. The van der Waals surface area contributed by atoms with E-state index < -0.39 is 17.4 Å². The van der Waals surface area contributed by atoms with E-state index in [1.54, 1.807) is 6.07 Å². The van der Waals surface area contributed by atoms with Crippen LogP contribution >= 0.6 is 0 Å². The van der Waals surface area contributed by atoms with E-state index >= 15 is 0 Å². The molecule has 4 heterocycles. The molecule has 3 N–H and O–H groups in total. The van der Waals surface area contributed by atoms with Gasteiger partial charge in [-0.3, -0.25) is 24.3 Å². The molecule has 0 bridgehead atoms. The molecule has 1 aromatic carbocycles. The molecule has 5 rings (SSSR count). The average Bonchev–Trinajstić information content (AvgIpc) is 3.09. The summed E-state index contributed by atoms with van der Waals surface area (Å²) in [7, 11) is 3.73. The highest BCUT2D eigenvalue weighted by Crippen LogP contribution is 2.42. The summed E-state index contributed by atoms with van der Waals surface area (Å²) in [6.07, 6.45) is 4.86. The number of pyridine rings is 1. The second-order valence-corrected chi connectivity index (χ2v) is 9.42. The fourth-order valence-corrected chi connectivity index (χ4v) is 5.41. The number of fused-ring (bicyclic) bond motifs is 1. The number of imide groups is 1. The number of benzene rings is 1. The summed E-state index contributed by atoms with van der Waals surface area (Å²) in [5, 5.41) is 2.19. The van der Waals surface area contributed by atoms with E-state index in [2.05, 4.69) is 22.2 Å². The number of aromatic nitrogens is 1. The van der Waals surface area contributed by atoms with Crippen LogP contribution in [0.15, 0.2) is 29.1 Å². The molecule has 3 aliphatic heterocycles. The number of hydrogen-bond acceptors (Lipinski definition) is 7. The lowest BCUT2D eigenvalue weighted by atomic mass is 9.71. The lowest BCUT2D eigenvalue weighted by Gasteiger charge is -2.47. The number of rotatable bonds is 3. The van der Waals surface area contributed by atoms with Crippen LogP contribution in [0.2, 0.25) is 0 Å². The molecule has 0 aliphatic carbocycles. The van der Waals surface area contributed by atoms with Gasteiger partial charge in [0.1, 0.15) is 11.6 Å². The molecule has 9 nitrogen and oxygen atoms in total. The second kappa shape index (κ2) is 7.91. The predicted molar refractivity (Wildman–Crippen MR) is 125 cm³/mol. The Bertz CT molecular complexity index is 1190. The summed E-state index contributed by atoms with van der Waals surface area (Å²) in [5.41, 5.74) is 7.64. The van der Waals surface area contributed by atoms with Crippen LogP contribution in [-0.2, 0) is 0 Å². The summed E-state index contributed by atoms with van der Waals surface area (Å²) in [6.45, 7) is 4.30. The monoisotopic (exact) mass is 451 g/mol. The molecule has 0 saturated carbocycles.